The molecule has 4 aliphatic heterocycles. The summed E-state index contributed by atoms with van der Waals surface area (Å²) >= 11 is 0. The van der Waals surface area contributed by atoms with Crippen LogP contribution in [0.4, 0.5) is 0 Å². The molecule has 12 nitrogen and oxygen atoms in total. The third-order valence-electron chi connectivity index (χ3n) is 14.2. The topological polar surface area (TPSA) is 151 Å². The smallest absolute Gasteiger partial charge is 0.211 e. The average molecular weight is 775 g/mol. The number of fused-ring (bicyclic) bond motifs is 6. The fraction of sp³-hybridized carbons (Fsp3) is 0.550. The van der Waals surface area contributed by atoms with Gasteiger partial charge in [-0.25, -0.2) is 35.4 Å². The summed E-state index contributed by atoms with van der Waals surface area (Å²) in [5.74, 6) is 0.262. The van der Waals surface area contributed by atoms with Crippen LogP contribution in [0.2, 0.25) is 0 Å². The van der Waals surface area contributed by atoms with Crippen molar-refractivity contribution in [3.63, 3.8) is 0 Å². The summed E-state index contributed by atoms with van der Waals surface area (Å²) in [5, 5.41) is 22.8. The molecular formula is C40H50N6O6S2. The molecule has 2 aromatic carbocycles. The molecule has 2 saturated carbocycles. The number of nitrogens with zero attached hydrogens (tertiary/aromatic N) is 6. The van der Waals surface area contributed by atoms with E-state index in [4.69, 9.17) is 0 Å². The number of piperidine rings is 2. The van der Waals surface area contributed by atoms with Crippen LogP contribution in [0.25, 0.3) is 22.5 Å². The van der Waals surface area contributed by atoms with Crippen molar-refractivity contribution in [1.82, 2.24) is 27.7 Å². The highest BCUT2D eigenvalue weighted by Gasteiger charge is 2.55. The van der Waals surface area contributed by atoms with E-state index in [-0.39, 0.29) is 34.7 Å². The minimum absolute atomic E-state index is 0.112. The quantitative estimate of drug-likeness (QED) is 0.307. The van der Waals surface area contributed by atoms with Gasteiger partial charge in [0.15, 0.2) is 0 Å². The van der Waals surface area contributed by atoms with E-state index >= 15 is 0 Å². The van der Waals surface area contributed by atoms with Crippen molar-refractivity contribution >= 4 is 20.0 Å². The van der Waals surface area contributed by atoms with Crippen LogP contribution < -0.4 is 0 Å². The highest BCUT2D eigenvalue weighted by atomic mass is 32.2. The fourth-order valence-corrected chi connectivity index (χ4v) is 13.0. The summed E-state index contributed by atoms with van der Waals surface area (Å²) in [6.45, 7) is 2.06. The minimum atomic E-state index is -3.15. The number of hydrogen-bond acceptors (Lipinski definition) is 8. The molecule has 6 heterocycles. The molecular weight excluding hydrogens is 725 g/mol. The minimum Gasteiger partial charge on any atom is -0.392 e. The molecule has 4 aromatic rings. The molecule has 0 radical (unpaired) electrons. The van der Waals surface area contributed by atoms with Crippen LogP contribution in [-0.4, -0.2) is 106 Å². The van der Waals surface area contributed by atoms with Crippen molar-refractivity contribution in [1.29, 1.82) is 0 Å². The highest BCUT2D eigenvalue weighted by molar-refractivity contribution is 7.88. The number of aliphatic hydroxyl groups excluding tert-OH is 2. The zero-order valence-corrected chi connectivity index (χ0v) is 32.5. The number of imidazole rings is 2. The lowest BCUT2D eigenvalue weighted by atomic mass is 9.73. The average Bonchev–Trinajstić information content (AvgIpc) is 4.00. The van der Waals surface area contributed by atoms with E-state index in [9.17, 15) is 27.0 Å². The first kappa shape index (κ1) is 36.3. The first-order chi connectivity index (χ1) is 25.8. The Morgan fingerprint density at radius 3 is 1.33 bits per heavy atom. The van der Waals surface area contributed by atoms with Crippen LogP contribution >= 0.6 is 0 Å². The Kier molecular flexibility index (Phi) is 8.79. The van der Waals surface area contributed by atoms with Gasteiger partial charge in [0.2, 0.25) is 20.0 Å². The van der Waals surface area contributed by atoms with Crippen LogP contribution in [0.3, 0.4) is 0 Å². The van der Waals surface area contributed by atoms with Crippen molar-refractivity contribution in [2.24, 2.45) is 22.7 Å². The van der Waals surface area contributed by atoms with E-state index in [0.717, 1.165) is 62.8 Å². The van der Waals surface area contributed by atoms with Crippen molar-refractivity contribution in [3.05, 3.63) is 84.7 Å². The number of aliphatic hydroxyl groups is 2. The SMILES string of the molecule is CS(=O)(=O)N1CCC2(CC[C@@H]([C@H]3c4ccccc4-c4cncn43)[C@H]2O)CC1.CS(=O)(=O)N1CCC2(CC[C@H]([C@@H]3c4ccccc4-c4cncn43)[C@@H]2O)CC1. The highest BCUT2D eigenvalue weighted by Crippen LogP contribution is 2.57. The summed E-state index contributed by atoms with van der Waals surface area (Å²) in [5.41, 5.74) is 6.87. The van der Waals surface area contributed by atoms with E-state index in [1.165, 1.54) is 34.8 Å². The van der Waals surface area contributed by atoms with Crippen molar-refractivity contribution in [3.8, 4) is 22.5 Å². The second-order valence-corrected chi connectivity index (χ2v) is 20.7. The fourth-order valence-electron chi connectivity index (χ4n) is 11.3. The lowest BCUT2D eigenvalue weighted by Gasteiger charge is -2.42. The van der Waals surface area contributed by atoms with E-state index < -0.39 is 32.3 Å². The monoisotopic (exact) mass is 774 g/mol. The molecule has 2 N–H and O–H groups in total. The molecule has 0 unspecified atom stereocenters. The lowest BCUT2D eigenvalue weighted by Crippen LogP contribution is -2.47. The summed E-state index contributed by atoms with van der Waals surface area (Å²) in [6.07, 6.45) is 16.0. The first-order valence-electron chi connectivity index (χ1n) is 19.3. The van der Waals surface area contributed by atoms with Gasteiger partial charge >= 0.3 is 0 Å². The van der Waals surface area contributed by atoms with Gasteiger partial charge in [-0.3, -0.25) is 0 Å². The lowest BCUT2D eigenvalue weighted by molar-refractivity contribution is -0.0145. The predicted molar refractivity (Wildman–Crippen MR) is 205 cm³/mol. The maximum atomic E-state index is 11.8. The number of benzene rings is 2. The normalized spacial score (nSPS) is 29.8. The van der Waals surface area contributed by atoms with Crippen LogP contribution in [0.15, 0.2) is 73.6 Å². The summed E-state index contributed by atoms with van der Waals surface area (Å²) in [6, 6.07) is 17.0. The van der Waals surface area contributed by atoms with Crippen molar-refractivity contribution < 1.29 is 27.0 Å². The van der Waals surface area contributed by atoms with Gasteiger partial charge in [0.25, 0.3) is 0 Å². The zero-order chi connectivity index (χ0) is 37.6. The standard InChI is InChI=1S/2C20H25N3O3S/c2*1-27(25,26)22-10-8-20(9-11-22)7-6-16(19(20)24)18-15-5-3-2-4-14(15)17-12-21-13-23(17)18/h2*2-5,12-13,16,18-19,24H,6-11H2,1H3/t2*16-,18+,19+/m10/s1. The van der Waals surface area contributed by atoms with Crippen LogP contribution in [0.5, 0.6) is 0 Å². The Bertz CT molecular complexity index is 2110. The van der Waals surface area contributed by atoms with Gasteiger partial charge in [0, 0.05) is 49.1 Å². The number of sulfonamides is 2. The van der Waals surface area contributed by atoms with Crippen LogP contribution in [0, 0.1) is 22.7 Å². The first-order valence-corrected chi connectivity index (χ1v) is 23.0. The Morgan fingerprint density at radius 2 is 0.963 bits per heavy atom. The summed E-state index contributed by atoms with van der Waals surface area (Å²) in [7, 11) is -6.30. The Morgan fingerprint density at radius 1 is 0.593 bits per heavy atom. The van der Waals surface area contributed by atoms with Gasteiger partial charge in [-0.05, 0) is 73.3 Å². The Hall–Kier alpha value is -3.40. The summed E-state index contributed by atoms with van der Waals surface area (Å²) in [4.78, 5) is 8.68. The molecule has 54 heavy (non-hydrogen) atoms. The molecule has 10 rings (SSSR count). The molecule has 0 amide bonds. The maximum Gasteiger partial charge on any atom is 0.211 e. The molecule has 2 saturated heterocycles. The van der Waals surface area contributed by atoms with Gasteiger partial charge in [0.05, 0.1) is 73.2 Å². The van der Waals surface area contributed by atoms with E-state index in [2.05, 4.69) is 55.5 Å². The van der Waals surface area contributed by atoms with Gasteiger partial charge in [-0.2, -0.15) is 0 Å². The molecule has 2 spiro atoms. The number of hydrogen-bond donors (Lipinski definition) is 2. The molecule has 6 aliphatic rings. The van der Waals surface area contributed by atoms with E-state index in [1.807, 2.05) is 37.2 Å². The molecule has 4 fully saturated rings. The Labute approximate surface area is 318 Å². The molecule has 14 heteroatoms. The zero-order valence-electron chi connectivity index (χ0n) is 30.9. The van der Waals surface area contributed by atoms with E-state index in [1.54, 1.807) is 8.61 Å². The largest absolute Gasteiger partial charge is 0.392 e. The Balaban J connectivity index is 0.000000142. The molecule has 6 atom stereocenters. The van der Waals surface area contributed by atoms with Crippen LogP contribution in [-0.2, 0) is 20.0 Å². The molecule has 288 valence electrons. The molecule has 0 bridgehead atoms. The number of rotatable bonds is 4. The second kappa shape index (κ2) is 13.1. The number of aromatic nitrogens is 4. The van der Waals surface area contributed by atoms with Gasteiger partial charge in [-0.15, -0.1) is 0 Å². The second-order valence-electron chi connectivity index (χ2n) is 16.8. The third kappa shape index (κ3) is 5.73. The van der Waals surface area contributed by atoms with Crippen molar-refractivity contribution in [2.75, 3.05) is 38.7 Å². The maximum absolute atomic E-state index is 11.8. The molecule has 2 aliphatic carbocycles. The van der Waals surface area contributed by atoms with Gasteiger partial charge < -0.3 is 19.3 Å². The van der Waals surface area contributed by atoms with E-state index in [0.29, 0.717) is 26.2 Å². The van der Waals surface area contributed by atoms with Gasteiger partial charge in [-0.1, -0.05) is 48.5 Å². The summed E-state index contributed by atoms with van der Waals surface area (Å²) < 4.78 is 54.9. The molecule has 2 aromatic heterocycles. The van der Waals surface area contributed by atoms with Crippen LogP contribution in [0.1, 0.15) is 74.6 Å². The van der Waals surface area contributed by atoms with Gasteiger partial charge in [0.1, 0.15) is 0 Å². The van der Waals surface area contributed by atoms with Crippen molar-refractivity contribution in [2.45, 2.75) is 75.7 Å². The predicted octanol–water partition coefficient (Wildman–Crippen LogP) is 4.53. The third-order valence-corrected chi connectivity index (χ3v) is 16.9.